The van der Waals surface area contributed by atoms with Gasteiger partial charge in [-0.3, -0.25) is 4.68 Å². The number of nitrogens with zero attached hydrogens (tertiary/aromatic N) is 2. The van der Waals surface area contributed by atoms with Crippen LogP contribution in [-0.2, 0) is 13.1 Å². The molecule has 102 valence electrons. The van der Waals surface area contributed by atoms with Crippen molar-refractivity contribution in [2.45, 2.75) is 77.4 Å². The second-order valence-corrected chi connectivity index (χ2v) is 5.47. The maximum absolute atomic E-state index is 4.43. The first-order chi connectivity index (χ1) is 8.90. The molecule has 1 aliphatic carbocycles. The summed E-state index contributed by atoms with van der Waals surface area (Å²) in [6, 6.07) is 2.93. The minimum Gasteiger partial charge on any atom is -0.308 e. The van der Waals surface area contributed by atoms with Gasteiger partial charge in [0, 0.05) is 25.3 Å². The molecule has 3 heteroatoms. The topological polar surface area (TPSA) is 29.9 Å². The van der Waals surface area contributed by atoms with E-state index in [-0.39, 0.29) is 0 Å². The first kappa shape index (κ1) is 13.6. The largest absolute Gasteiger partial charge is 0.308 e. The molecule has 1 aromatic rings. The highest BCUT2D eigenvalue weighted by Crippen LogP contribution is 2.19. The van der Waals surface area contributed by atoms with Gasteiger partial charge < -0.3 is 5.32 Å². The normalized spacial score (nSPS) is 15.2. The Morgan fingerprint density at radius 2 is 2.00 bits per heavy atom. The molecule has 18 heavy (non-hydrogen) atoms. The Kier molecular flexibility index (Phi) is 5.72. The molecular formula is C15H27N3. The summed E-state index contributed by atoms with van der Waals surface area (Å²) in [5, 5.41) is 7.98. The molecule has 0 aliphatic heterocycles. The van der Waals surface area contributed by atoms with Crippen LogP contribution in [0.2, 0.25) is 0 Å². The third-order valence-corrected chi connectivity index (χ3v) is 3.68. The van der Waals surface area contributed by atoms with Gasteiger partial charge in [-0.25, -0.2) is 0 Å². The number of aryl methyl sites for hydroxylation is 1. The molecule has 0 radical (unpaired) electrons. The van der Waals surface area contributed by atoms with Crippen molar-refractivity contribution in [1.29, 1.82) is 0 Å². The van der Waals surface area contributed by atoms with Crippen molar-refractivity contribution < 1.29 is 0 Å². The molecular weight excluding hydrogens is 222 g/mol. The van der Waals surface area contributed by atoms with Crippen molar-refractivity contribution in [2.24, 2.45) is 0 Å². The maximum atomic E-state index is 4.43. The summed E-state index contributed by atoms with van der Waals surface area (Å²) >= 11 is 0. The van der Waals surface area contributed by atoms with Crippen LogP contribution < -0.4 is 5.32 Å². The fraction of sp³-hybridized carbons (Fsp3) is 0.800. The van der Waals surface area contributed by atoms with Gasteiger partial charge in [0.1, 0.15) is 0 Å². The van der Waals surface area contributed by atoms with Crippen LogP contribution >= 0.6 is 0 Å². The van der Waals surface area contributed by atoms with Gasteiger partial charge >= 0.3 is 0 Å². The van der Waals surface area contributed by atoms with E-state index < -0.39 is 0 Å². The predicted octanol–water partition coefficient (Wildman–Crippen LogP) is 3.50. The molecule has 1 heterocycles. The fourth-order valence-corrected chi connectivity index (χ4v) is 2.29. The highest BCUT2D eigenvalue weighted by Gasteiger charge is 2.20. The molecule has 0 unspecified atom stereocenters. The molecule has 0 saturated heterocycles. The Labute approximate surface area is 111 Å². The van der Waals surface area contributed by atoms with Gasteiger partial charge in [0.05, 0.1) is 5.69 Å². The zero-order chi connectivity index (χ0) is 12.6. The first-order valence-electron chi connectivity index (χ1n) is 7.64. The average Bonchev–Trinajstić information content (AvgIpc) is 3.11. The van der Waals surface area contributed by atoms with Crippen molar-refractivity contribution >= 4 is 0 Å². The van der Waals surface area contributed by atoms with Crippen molar-refractivity contribution in [1.82, 2.24) is 15.1 Å². The number of hydrogen-bond acceptors (Lipinski definition) is 2. The van der Waals surface area contributed by atoms with E-state index >= 15 is 0 Å². The van der Waals surface area contributed by atoms with E-state index in [9.17, 15) is 0 Å². The van der Waals surface area contributed by atoms with Crippen LogP contribution in [0.25, 0.3) is 0 Å². The van der Waals surface area contributed by atoms with Crippen LogP contribution in [0.5, 0.6) is 0 Å². The first-order valence-corrected chi connectivity index (χ1v) is 7.64. The highest BCUT2D eigenvalue weighted by molar-refractivity contribution is 5.01. The molecule has 3 nitrogen and oxygen atoms in total. The van der Waals surface area contributed by atoms with Crippen LogP contribution in [0.4, 0.5) is 0 Å². The number of aromatic nitrogens is 2. The predicted molar refractivity (Wildman–Crippen MR) is 75.5 cm³/mol. The van der Waals surface area contributed by atoms with E-state index in [0.717, 1.165) is 19.1 Å². The summed E-state index contributed by atoms with van der Waals surface area (Å²) < 4.78 is 2.18. The summed E-state index contributed by atoms with van der Waals surface area (Å²) in [4.78, 5) is 0. The lowest BCUT2D eigenvalue weighted by Gasteiger charge is -2.08. The van der Waals surface area contributed by atoms with Gasteiger partial charge in [-0.15, -0.1) is 0 Å². The summed E-state index contributed by atoms with van der Waals surface area (Å²) in [5.41, 5.74) is 1.34. The van der Waals surface area contributed by atoms with E-state index in [4.69, 9.17) is 0 Å². The summed E-state index contributed by atoms with van der Waals surface area (Å²) in [5.74, 6) is 0. The quantitative estimate of drug-likeness (QED) is 0.643. The van der Waals surface area contributed by atoms with Crippen molar-refractivity contribution in [2.75, 3.05) is 0 Å². The number of hydrogen-bond donors (Lipinski definition) is 1. The third kappa shape index (κ3) is 4.81. The van der Waals surface area contributed by atoms with E-state index in [2.05, 4.69) is 28.1 Å². The minimum absolute atomic E-state index is 0.780. The molecule has 1 fully saturated rings. The molecule has 1 aromatic heterocycles. The highest BCUT2D eigenvalue weighted by atomic mass is 15.3. The van der Waals surface area contributed by atoms with Gasteiger partial charge in [0.2, 0.25) is 0 Å². The van der Waals surface area contributed by atoms with Crippen molar-refractivity contribution in [3.8, 4) is 0 Å². The second kappa shape index (κ2) is 7.57. The van der Waals surface area contributed by atoms with Gasteiger partial charge in [-0.05, 0) is 25.3 Å². The number of nitrogens with one attached hydrogen (secondary N) is 1. The van der Waals surface area contributed by atoms with Crippen LogP contribution in [-0.4, -0.2) is 15.8 Å². The Morgan fingerprint density at radius 3 is 2.78 bits per heavy atom. The van der Waals surface area contributed by atoms with E-state index in [1.165, 1.54) is 57.1 Å². The van der Waals surface area contributed by atoms with Gasteiger partial charge in [0.25, 0.3) is 0 Å². The van der Waals surface area contributed by atoms with Crippen molar-refractivity contribution in [3.05, 3.63) is 18.0 Å². The third-order valence-electron chi connectivity index (χ3n) is 3.68. The molecule has 0 atom stereocenters. The van der Waals surface area contributed by atoms with E-state index in [0.29, 0.717) is 0 Å². The SMILES string of the molecule is CCCCCCCCn1nccc1CNC1CC1. The summed E-state index contributed by atoms with van der Waals surface area (Å²) in [7, 11) is 0. The molecule has 0 amide bonds. The molecule has 0 bridgehead atoms. The van der Waals surface area contributed by atoms with E-state index in [1.54, 1.807) is 0 Å². The molecule has 2 rings (SSSR count). The summed E-state index contributed by atoms with van der Waals surface area (Å²) in [6.45, 7) is 4.34. The van der Waals surface area contributed by atoms with E-state index in [1.807, 2.05) is 6.20 Å². The fourth-order valence-electron chi connectivity index (χ4n) is 2.29. The van der Waals surface area contributed by atoms with Crippen molar-refractivity contribution in [3.63, 3.8) is 0 Å². The smallest absolute Gasteiger partial charge is 0.0522 e. The zero-order valence-corrected chi connectivity index (χ0v) is 11.7. The van der Waals surface area contributed by atoms with Gasteiger partial charge in [-0.2, -0.15) is 5.10 Å². The number of rotatable bonds is 10. The maximum Gasteiger partial charge on any atom is 0.0522 e. The lowest BCUT2D eigenvalue weighted by molar-refractivity contribution is 0.503. The van der Waals surface area contributed by atoms with Crippen LogP contribution in [0.1, 0.15) is 64.0 Å². The average molecular weight is 249 g/mol. The zero-order valence-electron chi connectivity index (χ0n) is 11.7. The molecule has 1 aliphatic rings. The molecule has 0 aromatic carbocycles. The number of unbranched alkanes of at least 4 members (excludes halogenated alkanes) is 5. The lowest BCUT2D eigenvalue weighted by Crippen LogP contribution is -2.18. The second-order valence-electron chi connectivity index (χ2n) is 5.47. The lowest BCUT2D eigenvalue weighted by atomic mass is 10.1. The van der Waals surface area contributed by atoms with Gasteiger partial charge in [-0.1, -0.05) is 39.0 Å². The minimum atomic E-state index is 0.780. The Hall–Kier alpha value is -0.830. The Bertz CT molecular complexity index is 328. The summed E-state index contributed by atoms with van der Waals surface area (Å²) in [6.07, 6.45) is 12.7. The monoisotopic (exact) mass is 249 g/mol. The standard InChI is InChI=1S/C15H27N3/c1-2-3-4-5-6-7-12-18-15(10-11-17-18)13-16-14-8-9-14/h10-11,14,16H,2-9,12-13H2,1H3. The Balaban J connectivity index is 1.60. The van der Waals surface area contributed by atoms with Crippen LogP contribution in [0.3, 0.4) is 0 Å². The van der Waals surface area contributed by atoms with Crippen LogP contribution in [0.15, 0.2) is 12.3 Å². The molecule has 0 spiro atoms. The van der Waals surface area contributed by atoms with Crippen LogP contribution in [0, 0.1) is 0 Å². The van der Waals surface area contributed by atoms with Gasteiger partial charge in [0.15, 0.2) is 0 Å². The molecule has 1 saturated carbocycles. The molecule has 1 N–H and O–H groups in total. The Morgan fingerprint density at radius 1 is 1.22 bits per heavy atom.